The van der Waals surface area contributed by atoms with Gasteiger partial charge in [0.05, 0.1) is 6.26 Å². The maximum atomic E-state index is 5.58. The molecular weight excluding hydrogens is 280 g/mol. The van der Waals surface area contributed by atoms with Crippen molar-refractivity contribution in [2.24, 2.45) is 5.84 Å². The molecule has 0 amide bonds. The number of benzene rings is 1. The highest BCUT2D eigenvalue weighted by atomic mass is 79.9. The summed E-state index contributed by atoms with van der Waals surface area (Å²) in [7, 11) is 0. The second kappa shape index (κ2) is 6.00. The zero-order valence-corrected chi connectivity index (χ0v) is 11.0. The van der Waals surface area contributed by atoms with E-state index in [1.807, 2.05) is 30.3 Å². The van der Waals surface area contributed by atoms with Gasteiger partial charge >= 0.3 is 0 Å². The molecule has 0 bridgehead atoms. The molecule has 17 heavy (non-hydrogen) atoms. The van der Waals surface area contributed by atoms with Crippen molar-refractivity contribution in [2.75, 3.05) is 0 Å². The SMILES string of the molecule is NNC(Cc1ccco1)Cc1ccccc1Br. The van der Waals surface area contributed by atoms with Crippen LogP contribution in [0.25, 0.3) is 0 Å². The minimum absolute atomic E-state index is 0.167. The van der Waals surface area contributed by atoms with Gasteiger partial charge in [0.1, 0.15) is 5.76 Å². The van der Waals surface area contributed by atoms with Crippen molar-refractivity contribution in [1.29, 1.82) is 0 Å². The summed E-state index contributed by atoms with van der Waals surface area (Å²) in [5.41, 5.74) is 4.07. The highest BCUT2D eigenvalue weighted by Gasteiger charge is 2.11. The van der Waals surface area contributed by atoms with Crippen LogP contribution < -0.4 is 11.3 Å². The minimum atomic E-state index is 0.167. The molecule has 0 aliphatic carbocycles. The lowest BCUT2D eigenvalue weighted by Gasteiger charge is -2.15. The van der Waals surface area contributed by atoms with Gasteiger partial charge in [0.15, 0.2) is 0 Å². The first kappa shape index (κ1) is 12.4. The molecule has 4 heteroatoms. The summed E-state index contributed by atoms with van der Waals surface area (Å²) in [6.45, 7) is 0. The topological polar surface area (TPSA) is 51.2 Å². The highest BCUT2D eigenvalue weighted by molar-refractivity contribution is 9.10. The monoisotopic (exact) mass is 294 g/mol. The second-order valence-corrected chi connectivity index (χ2v) is 4.80. The molecule has 0 saturated carbocycles. The fourth-order valence-electron chi connectivity index (χ4n) is 1.79. The fourth-order valence-corrected chi connectivity index (χ4v) is 2.24. The van der Waals surface area contributed by atoms with Crippen LogP contribution in [0.2, 0.25) is 0 Å². The van der Waals surface area contributed by atoms with E-state index in [9.17, 15) is 0 Å². The number of furan rings is 1. The summed E-state index contributed by atoms with van der Waals surface area (Å²) in [6, 6.07) is 12.2. The number of nitrogens with two attached hydrogens (primary N) is 1. The van der Waals surface area contributed by atoms with Gasteiger partial charge in [-0.25, -0.2) is 0 Å². The highest BCUT2D eigenvalue weighted by Crippen LogP contribution is 2.18. The van der Waals surface area contributed by atoms with Crippen LogP contribution in [0.15, 0.2) is 51.6 Å². The van der Waals surface area contributed by atoms with Crippen molar-refractivity contribution in [3.05, 3.63) is 58.5 Å². The summed E-state index contributed by atoms with van der Waals surface area (Å²) in [6.07, 6.45) is 3.32. The number of nitrogens with one attached hydrogen (secondary N) is 1. The molecule has 0 saturated heterocycles. The largest absolute Gasteiger partial charge is 0.469 e. The van der Waals surface area contributed by atoms with Crippen LogP contribution in [0.3, 0.4) is 0 Å². The normalized spacial score (nSPS) is 12.6. The maximum Gasteiger partial charge on any atom is 0.105 e. The van der Waals surface area contributed by atoms with Crippen molar-refractivity contribution in [2.45, 2.75) is 18.9 Å². The Morgan fingerprint density at radius 1 is 1.18 bits per heavy atom. The molecule has 1 unspecified atom stereocenters. The molecule has 1 aromatic heterocycles. The minimum Gasteiger partial charge on any atom is -0.469 e. The van der Waals surface area contributed by atoms with Gasteiger partial charge in [-0.1, -0.05) is 34.1 Å². The molecule has 0 aliphatic heterocycles. The van der Waals surface area contributed by atoms with Crippen LogP contribution in [0, 0.1) is 0 Å². The first-order valence-electron chi connectivity index (χ1n) is 5.51. The molecule has 3 nitrogen and oxygen atoms in total. The third-order valence-electron chi connectivity index (χ3n) is 2.69. The van der Waals surface area contributed by atoms with Crippen molar-refractivity contribution in [3.8, 4) is 0 Å². The standard InChI is InChI=1S/C13H15BrN2O/c14-13-6-2-1-4-10(13)8-11(16-15)9-12-5-3-7-17-12/h1-7,11,16H,8-9,15H2. The molecule has 0 spiro atoms. The number of rotatable bonds is 5. The number of halogens is 1. The molecular formula is C13H15BrN2O. The average Bonchev–Trinajstić information content (AvgIpc) is 2.84. The lowest BCUT2D eigenvalue weighted by molar-refractivity contribution is 0.444. The van der Waals surface area contributed by atoms with E-state index < -0.39 is 0 Å². The van der Waals surface area contributed by atoms with Gasteiger partial charge in [-0.15, -0.1) is 0 Å². The zero-order chi connectivity index (χ0) is 12.1. The van der Waals surface area contributed by atoms with Gasteiger partial charge in [0.2, 0.25) is 0 Å². The lowest BCUT2D eigenvalue weighted by atomic mass is 10.0. The number of hydrogen-bond donors (Lipinski definition) is 2. The van der Waals surface area contributed by atoms with Gasteiger partial charge in [-0.05, 0) is 30.2 Å². The smallest absolute Gasteiger partial charge is 0.105 e. The molecule has 0 radical (unpaired) electrons. The summed E-state index contributed by atoms with van der Waals surface area (Å²) in [5, 5.41) is 0. The average molecular weight is 295 g/mol. The maximum absolute atomic E-state index is 5.58. The van der Waals surface area contributed by atoms with Crippen LogP contribution in [0.4, 0.5) is 0 Å². The Labute approximate surface area is 109 Å². The van der Waals surface area contributed by atoms with Crippen molar-refractivity contribution in [3.63, 3.8) is 0 Å². The summed E-state index contributed by atoms with van der Waals surface area (Å²) < 4.78 is 6.44. The van der Waals surface area contributed by atoms with E-state index in [0.29, 0.717) is 0 Å². The van der Waals surface area contributed by atoms with Gasteiger partial charge in [-0.3, -0.25) is 11.3 Å². The predicted octanol–water partition coefficient (Wildman–Crippen LogP) is 2.66. The van der Waals surface area contributed by atoms with E-state index in [0.717, 1.165) is 23.1 Å². The van der Waals surface area contributed by atoms with E-state index >= 15 is 0 Å². The summed E-state index contributed by atoms with van der Waals surface area (Å²) in [5.74, 6) is 6.52. The van der Waals surface area contributed by atoms with Gasteiger partial charge in [0.25, 0.3) is 0 Å². The molecule has 1 heterocycles. The molecule has 0 aliphatic rings. The van der Waals surface area contributed by atoms with Crippen LogP contribution in [0.5, 0.6) is 0 Å². The summed E-state index contributed by atoms with van der Waals surface area (Å²) >= 11 is 3.54. The first-order chi connectivity index (χ1) is 8.29. The van der Waals surface area contributed by atoms with Gasteiger partial charge in [0, 0.05) is 16.9 Å². The molecule has 1 aromatic carbocycles. The van der Waals surface area contributed by atoms with Crippen LogP contribution in [-0.2, 0) is 12.8 Å². The lowest BCUT2D eigenvalue weighted by Crippen LogP contribution is -2.38. The predicted molar refractivity (Wildman–Crippen MR) is 71.4 cm³/mol. The Morgan fingerprint density at radius 3 is 2.65 bits per heavy atom. The molecule has 3 N–H and O–H groups in total. The zero-order valence-electron chi connectivity index (χ0n) is 9.40. The molecule has 0 fully saturated rings. The Morgan fingerprint density at radius 2 is 2.00 bits per heavy atom. The van der Waals surface area contributed by atoms with Crippen LogP contribution in [-0.4, -0.2) is 6.04 Å². The molecule has 1 atom stereocenters. The van der Waals surface area contributed by atoms with Crippen molar-refractivity contribution in [1.82, 2.24) is 5.43 Å². The van der Waals surface area contributed by atoms with E-state index in [-0.39, 0.29) is 6.04 Å². The van der Waals surface area contributed by atoms with Crippen molar-refractivity contribution >= 4 is 15.9 Å². The van der Waals surface area contributed by atoms with E-state index in [1.165, 1.54) is 5.56 Å². The third kappa shape index (κ3) is 3.43. The first-order valence-corrected chi connectivity index (χ1v) is 6.31. The molecule has 90 valence electrons. The Hall–Kier alpha value is -1.10. The second-order valence-electron chi connectivity index (χ2n) is 3.94. The van der Waals surface area contributed by atoms with E-state index in [2.05, 4.69) is 27.4 Å². The molecule has 2 rings (SSSR count). The fraction of sp³-hybridized carbons (Fsp3) is 0.231. The van der Waals surface area contributed by atoms with Crippen LogP contribution in [0.1, 0.15) is 11.3 Å². The quantitative estimate of drug-likeness (QED) is 0.658. The van der Waals surface area contributed by atoms with Gasteiger partial charge in [-0.2, -0.15) is 0 Å². The van der Waals surface area contributed by atoms with Crippen LogP contribution >= 0.6 is 15.9 Å². The number of hydrazine groups is 1. The van der Waals surface area contributed by atoms with E-state index in [4.69, 9.17) is 10.3 Å². The third-order valence-corrected chi connectivity index (χ3v) is 3.46. The number of hydrogen-bond acceptors (Lipinski definition) is 3. The van der Waals surface area contributed by atoms with Gasteiger partial charge < -0.3 is 4.42 Å². The Balaban J connectivity index is 2.03. The molecule has 2 aromatic rings. The van der Waals surface area contributed by atoms with Crippen molar-refractivity contribution < 1.29 is 4.42 Å². The Kier molecular flexibility index (Phi) is 4.36. The van der Waals surface area contributed by atoms with E-state index in [1.54, 1.807) is 6.26 Å². The summed E-state index contributed by atoms with van der Waals surface area (Å²) in [4.78, 5) is 0. The Bertz CT molecular complexity index is 456.